The van der Waals surface area contributed by atoms with Gasteiger partial charge < -0.3 is 10.6 Å². The van der Waals surface area contributed by atoms with Crippen molar-refractivity contribution in [2.24, 2.45) is 0 Å². The monoisotopic (exact) mass is 574 g/mol. The normalized spacial score (nSPS) is 13.1. The molecule has 40 heavy (non-hydrogen) atoms. The number of nitrogens with zero attached hydrogens (tertiary/aromatic N) is 4. The van der Waals surface area contributed by atoms with Gasteiger partial charge in [-0.3, -0.25) is 14.6 Å². The Labute approximate surface area is 223 Å². The Morgan fingerprint density at radius 3 is 2.50 bits per heavy atom. The maximum absolute atomic E-state index is 14.3. The van der Waals surface area contributed by atoms with Gasteiger partial charge in [-0.1, -0.05) is 12.1 Å². The molecule has 0 atom stereocenters. The van der Waals surface area contributed by atoms with Crippen LogP contribution in [0.15, 0.2) is 60.4 Å². The lowest BCUT2D eigenvalue weighted by Crippen LogP contribution is -2.21. The molecule has 2 amide bonds. The Balaban J connectivity index is 1.42. The zero-order valence-electron chi connectivity index (χ0n) is 19.6. The Bertz CT molecular complexity index is 1830. The molecule has 0 fully saturated rings. The van der Waals surface area contributed by atoms with Gasteiger partial charge in [-0.15, -0.1) is 11.3 Å². The summed E-state index contributed by atoms with van der Waals surface area (Å²) in [6.45, 7) is 0. The highest BCUT2D eigenvalue weighted by molar-refractivity contribution is 7.13. The quantitative estimate of drug-likeness (QED) is 0.242. The van der Waals surface area contributed by atoms with Crippen LogP contribution in [0.4, 0.5) is 37.7 Å². The van der Waals surface area contributed by atoms with E-state index in [0.29, 0.717) is 28.0 Å². The van der Waals surface area contributed by atoms with Crippen molar-refractivity contribution >= 4 is 45.3 Å². The van der Waals surface area contributed by atoms with Gasteiger partial charge in [0.1, 0.15) is 10.7 Å². The predicted molar refractivity (Wildman–Crippen MR) is 132 cm³/mol. The summed E-state index contributed by atoms with van der Waals surface area (Å²) in [6.07, 6.45) is -7.11. The number of pyridine rings is 1. The second kappa shape index (κ2) is 8.87. The van der Waals surface area contributed by atoms with Crippen molar-refractivity contribution < 1.29 is 35.9 Å². The van der Waals surface area contributed by atoms with Crippen LogP contribution in [0.5, 0.6) is 0 Å². The number of aromatic nitrogens is 4. The topological polar surface area (TPSA) is 102 Å². The molecule has 0 saturated heterocycles. The van der Waals surface area contributed by atoms with E-state index in [9.17, 15) is 35.9 Å². The number of amides is 2. The van der Waals surface area contributed by atoms with Crippen LogP contribution < -0.4 is 10.6 Å². The van der Waals surface area contributed by atoms with Gasteiger partial charge in [-0.05, 0) is 24.3 Å². The van der Waals surface area contributed by atoms with Crippen LogP contribution in [-0.2, 0) is 12.4 Å². The number of thiazole rings is 1. The molecule has 2 aromatic carbocycles. The summed E-state index contributed by atoms with van der Waals surface area (Å²) in [6, 6.07) is 7.84. The fourth-order valence-electron chi connectivity index (χ4n) is 4.49. The van der Waals surface area contributed by atoms with Crippen molar-refractivity contribution in [1.29, 1.82) is 0 Å². The van der Waals surface area contributed by atoms with Gasteiger partial charge >= 0.3 is 12.4 Å². The number of hydrogen-bond acceptors (Lipinski definition) is 6. The molecule has 6 rings (SSSR count). The number of hydrogen-bond donors (Lipinski definition) is 2. The predicted octanol–water partition coefficient (Wildman–Crippen LogP) is 6.40. The minimum atomic E-state index is -5.09. The summed E-state index contributed by atoms with van der Waals surface area (Å²) in [5.41, 5.74) is -3.94. The molecule has 202 valence electrons. The van der Waals surface area contributed by atoms with Crippen LogP contribution in [0, 0.1) is 0 Å². The smallest absolute Gasteiger partial charge is 0.321 e. The molecule has 1 aliphatic heterocycles. The molecule has 0 saturated carbocycles. The lowest BCUT2D eigenvalue weighted by Gasteiger charge is -2.15. The van der Waals surface area contributed by atoms with Crippen LogP contribution in [0.2, 0.25) is 0 Å². The first-order valence-electron chi connectivity index (χ1n) is 11.2. The third-order valence-electron chi connectivity index (χ3n) is 6.11. The summed E-state index contributed by atoms with van der Waals surface area (Å²) in [5.74, 6) is -1.76. The fraction of sp³-hybridized carbons (Fsp3) is 0.0800. The first-order valence-corrected chi connectivity index (χ1v) is 12.1. The summed E-state index contributed by atoms with van der Waals surface area (Å²) >= 11 is 0.915. The van der Waals surface area contributed by atoms with Crippen molar-refractivity contribution in [1.82, 2.24) is 19.7 Å². The average Bonchev–Trinajstić information content (AvgIpc) is 3.64. The van der Waals surface area contributed by atoms with E-state index in [0.717, 1.165) is 17.5 Å². The number of alkyl halides is 6. The highest BCUT2D eigenvalue weighted by Gasteiger charge is 2.41. The van der Waals surface area contributed by atoms with E-state index < -0.39 is 52.4 Å². The Morgan fingerprint density at radius 1 is 1.00 bits per heavy atom. The highest BCUT2D eigenvalue weighted by Crippen LogP contribution is 2.41. The molecular formula is C25H12F6N6O2S. The van der Waals surface area contributed by atoms with Crippen LogP contribution in [0.3, 0.4) is 0 Å². The molecule has 0 spiro atoms. The molecule has 4 heterocycles. The molecule has 15 heteroatoms. The number of rotatable bonds is 4. The number of nitrogens with one attached hydrogen (secondary N) is 2. The highest BCUT2D eigenvalue weighted by atomic mass is 32.1. The molecular weight excluding hydrogens is 562 g/mol. The zero-order chi connectivity index (χ0) is 28.4. The molecule has 5 aromatic rings. The standard InChI is InChI=1S/C25H12F6N6O2S/c26-24(27,28)15-8-11(9-33-19(15)23-32-6-7-40-23)35-22(39)14-10-34-37(20(14)25(29,30)31)17-5-4-16-18-12(17)2-1-3-13(18)21(38)36-16/h1-10H,(H,35,39)(H,36,38). The van der Waals surface area contributed by atoms with Crippen molar-refractivity contribution in [2.45, 2.75) is 12.4 Å². The molecule has 1 aliphatic rings. The molecule has 2 N–H and O–H groups in total. The van der Waals surface area contributed by atoms with Crippen molar-refractivity contribution in [3.63, 3.8) is 0 Å². The third kappa shape index (κ3) is 4.14. The summed E-state index contributed by atoms with van der Waals surface area (Å²) in [5, 5.41) is 10.6. The van der Waals surface area contributed by atoms with E-state index in [1.165, 1.54) is 41.9 Å². The zero-order valence-corrected chi connectivity index (χ0v) is 20.4. The molecule has 3 aromatic heterocycles. The SMILES string of the molecule is O=C(Nc1cnc(-c2nccs2)c(C(F)(F)F)c1)c1cnn(-c2ccc3c4c(cccc24)C(=O)N3)c1C(F)(F)F. The number of halogens is 6. The lowest BCUT2D eigenvalue weighted by atomic mass is 10.0. The molecule has 0 aliphatic carbocycles. The van der Waals surface area contributed by atoms with Gasteiger partial charge in [-0.25, -0.2) is 9.67 Å². The van der Waals surface area contributed by atoms with Crippen LogP contribution >= 0.6 is 11.3 Å². The van der Waals surface area contributed by atoms with E-state index in [2.05, 4.69) is 25.7 Å². The summed E-state index contributed by atoms with van der Waals surface area (Å²) in [4.78, 5) is 32.8. The maximum atomic E-state index is 14.3. The van der Waals surface area contributed by atoms with Crippen LogP contribution in [0.1, 0.15) is 32.0 Å². The van der Waals surface area contributed by atoms with E-state index >= 15 is 0 Å². The first kappa shape index (κ1) is 25.5. The van der Waals surface area contributed by atoms with Crippen molar-refractivity contribution in [2.75, 3.05) is 10.6 Å². The number of carbonyl (C=O) groups excluding carboxylic acids is 2. The lowest BCUT2D eigenvalue weighted by molar-refractivity contribution is -0.143. The number of carbonyl (C=O) groups is 2. The summed E-state index contributed by atoms with van der Waals surface area (Å²) < 4.78 is 84.7. The van der Waals surface area contributed by atoms with Crippen LogP contribution in [0.25, 0.3) is 27.2 Å². The van der Waals surface area contributed by atoms with Crippen LogP contribution in [-0.4, -0.2) is 31.6 Å². The third-order valence-corrected chi connectivity index (χ3v) is 6.89. The largest absolute Gasteiger partial charge is 0.434 e. The molecule has 0 unspecified atom stereocenters. The molecule has 0 bridgehead atoms. The van der Waals surface area contributed by atoms with E-state index in [4.69, 9.17) is 0 Å². The minimum Gasteiger partial charge on any atom is -0.321 e. The Hall–Kier alpha value is -4.79. The average molecular weight is 574 g/mol. The molecule has 0 radical (unpaired) electrons. The fourth-order valence-corrected chi connectivity index (χ4v) is 5.13. The van der Waals surface area contributed by atoms with Gasteiger partial charge in [0.2, 0.25) is 0 Å². The van der Waals surface area contributed by atoms with E-state index in [-0.39, 0.29) is 21.6 Å². The number of benzene rings is 2. The Kier molecular flexibility index (Phi) is 5.65. The minimum absolute atomic E-state index is 0.0203. The van der Waals surface area contributed by atoms with Gasteiger partial charge in [0.05, 0.1) is 34.9 Å². The van der Waals surface area contributed by atoms with Gasteiger partial charge in [-0.2, -0.15) is 31.4 Å². The maximum Gasteiger partial charge on any atom is 0.434 e. The van der Waals surface area contributed by atoms with Crippen molar-refractivity contribution in [3.8, 4) is 16.4 Å². The van der Waals surface area contributed by atoms with Gasteiger partial charge in [0, 0.05) is 33.6 Å². The van der Waals surface area contributed by atoms with Gasteiger partial charge in [0.25, 0.3) is 11.8 Å². The number of anilines is 2. The van der Waals surface area contributed by atoms with E-state index in [1.807, 2.05) is 0 Å². The first-order chi connectivity index (χ1) is 18.9. The Morgan fingerprint density at radius 2 is 1.80 bits per heavy atom. The second-order valence-corrected chi connectivity index (χ2v) is 9.43. The van der Waals surface area contributed by atoms with Crippen molar-refractivity contribution in [3.05, 3.63) is 82.8 Å². The van der Waals surface area contributed by atoms with Gasteiger partial charge in [0.15, 0.2) is 5.69 Å². The summed E-state index contributed by atoms with van der Waals surface area (Å²) in [7, 11) is 0. The molecule has 8 nitrogen and oxygen atoms in total. The van der Waals surface area contributed by atoms with E-state index in [1.54, 1.807) is 0 Å². The second-order valence-electron chi connectivity index (χ2n) is 8.54.